The Bertz CT molecular complexity index is 568. The Morgan fingerprint density at radius 3 is 2.82 bits per heavy atom. The number of aromatic nitrogens is 2. The number of Topliss-reactive ketones (excluding diaryl/α,β-unsaturated/α-hetero) is 1. The highest BCUT2D eigenvalue weighted by atomic mass is 79.9. The summed E-state index contributed by atoms with van der Waals surface area (Å²) >= 11 is 8.13. The molecular formula is C11H8Br2N2OS. The number of carbonyl (C=O) groups excluding carboxylic acids is 1. The Labute approximate surface area is 120 Å². The van der Waals surface area contributed by atoms with Crippen LogP contribution in [0.5, 0.6) is 0 Å². The van der Waals surface area contributed by atoms with Gasteiger partial charge in [-0.3, -0.25) is 9.78 Å². The fourth-order valence-corrected chi connectivity index (χ4v) is 3.30. The molecule has 0 saturated heterocycles. The fraction of sp³-hybridized carbons (Fsp3) is 0.182. The molecule has 0 bridgehead atoms. The van der Waals surface area contributed by atoms with Gasteiger partial charge in [-0.1, -0.05) is 0 Å². The van der Waals surface area contributed by atoms with Gasteiger partial charge in [0.25, 0.3) is 0 Å². The number of rotatable bonds is 3. The van der Waals surface area contributed by atoms with Gasteiger partial charge in [-0.2, -0.15) is 0 Å². The number of ketones is 1. The number of hydrogen-bond acceptors (Lipinski definition) is 4. The molecule has 2 heterocycles. The van der Waals surface area contributed by atoms with Crippen molar-refractivity contribution in [2.75, 3.05) is 0 Å². The van der Waals surface area contributed by atoms with Gasteiger partial charge in [0.05, 0.1) is 6.42 Å². The van der Waals surface area contributed by atoms with Gasteiger partial charge in [0.1, 0.15) is 10.7 Å². The highest BCUT2D eigenvalue weighted by molar-refractivity contribution is 9.11. The first-order valence-corrected chi connectivity index (χ1v) is 7.28. The predicted molar refractivity (Wildman–Crippen MR) is 74.5 cm³/mol. The third-order valence-electron chi connectivity index (χ3n) is 2.05. The Hall–Kier alpha value is -0.590. The van der Waals surface area contributed by atoms with Gasteiger partial charge in [-0.15, -0.1) is 11.3 Å². The fourth-order valence-electron chi connectivity index (χ4n) is 1.32. The minimum Gasteiger partial charge on any atom is -0.292 e. The molecule has 0 amide bonds. The number of thiazole rings is 1. The van der Waals surface area contributed by atoms with E-state index in [2.05, 4.69) is 41.8 Å². The first-order chi connectivity index (χ1) is 8.06. The summed E-state index contributed by atoms with van der Waals surface area (Å²) in [5.41, 5.74) is 1.39. The minimum absolute atomic E-state index is 0.0290. The molecule has 0 aliphatic carbocycles. The molecule has 0 fully saturated rings. The first-order valence-electron chi connectivity index (χ1n) is 4.81. The van der Waals surface area contributed by atoms with Crippen LogP contribution in [-0.4, -0.2) is 15.8 Å². The van der Waals surface area contributed by atoms with Crippen molar-refractivity contribution in [1.29, 1.82) is 0 Å². The maximum absolute atomic E-state index is 12.0. The standard InChI is InChI=1S/C11H8Br2N2OS/c1-6-5-17-10(15-6)3-9(16)11-8(13)2-7(12)4-14-11/h2,4-5H,3H2,1H3. The van der Waals surface area contributed by atoms with Crippen molar-refractivity contribution >= 4 is 49.0 Å². The Balaban J connectivity index is 2.20. The van der Waals surface area contributed by atoms with E-state index in [0.29, 0.717) is 16.6 Å². The van der Waals surface area contributed by atoms with Crippen LogP contribution in [0.1, 0.15) is 21.2 Å². The number of hydrogen-bond donors (Lipinski definition) is 0. The van der Waals surface area contributed by atoms with Crippen molar-refractivity contribution in [1.82, 2.24) is 9.97 Å². The summed E-state index contributed by atoms with van der Waals surface area (Å²) in [5, 5.41) is 2.76. The first kappa shape index (κ1) is 12.9. The molecule has 0 aliphatic heterocycles. The molecule has 0 N–H and O–H groups in total. The number of aryl methyl sites for hydroxylation is 1. The summed E-state index contributed by atoms with van der Waals surface area (Å²) in [6.45, 7) is 1.91. The van der Waals surface area contributed by atoms with Gasteiger partial charge in [0.15, 0.2) is 5.78 Å². The molecule has 0 spiro atoms. The van der Waals surface area contributed by atoms with Crippen LogP contribution in [0.4, 0.5) is 0 Å². The average Bonchev–Trinajstić information content (AvgIpc) is 2.63. The third-order valence-corrected chi connectivity index (χ3v) is 4.06. The van der Waals surface area contributed by atoms with Crippen molar-refractivity contribution < 1.29 is 4.79 Å². The van der Waals surface area contributed by atoms with Crippen molar-refractivity contribution in [2.45, 2.75) is 13.3 Å². The topological polar surface area (TPSA) is 42.9 Å². The Morgan fingerprint density at radius 2 is 2.24 bits per heavy atom. The Morgan fingerprint density at radius 1 is 1.47 bits per heavy atom. The zero-order valence-electron chi connectivity index (χ0n) is 8.91. The molecule has 0 saturated carbocycles. The predicted octanol–water partition coefficient (Wildman–Crippen LogP) is 3.80. The van der Waals surface area contributed by atoms with Gasteiger partial charge >= 0.3 is 0 Å². The van der Waals surface area contributed by atoms with Crippen LogP contribution in [0.3, 0.4) is 0 Å². The maximum Gasteiger partial charge on any atom is 0.189 e. The molecular weight excluding hydrogens is 368 g/mol. The molecule has 88 valence electrons. The van der Waals surface area contributed by atoms with E-state index in [0.717, 1.165) is 15.2 Å². The SMILES string of the molecule is Cc1csc(CC(=O)c2ncc(Br)cc2Br)n1. The summed E-state index contributed by atoms with van der Waals surface area (Å²) in [5.74, 6) is -0.0290. The second-order valence-electron chi connectivity index (χ2n) is 3.47. The molecule has 2 aromatic heterocycles. The van der Waals surface area contributed by atoms with Crippen LogP contribution in [0.15, 0.2) is 26.6 Å². The highest BCUT2D eigenvalue weighted by Gasteiger charge is 2.14. The normalized spacial score (nSPS) is 10.5. The van der Waals surface area contributed by atoms with Gasteiger partial charge < -0.3 is 0 Å². The quantitative estimate of drug-likeness (QED) is 0.766. The van der Waals surface area contributed by atoms with Crippen molar-refractivity contribution in [3.63, 3.8) is 0 Å². The summed E-state index contributed by atoms with van der Waals surface area (Å²) in [7, 11) is 0. The van der Waals surface area contributed by atoms with E-state index in [9.17, 15) is 4.79 Å². The molecule has 3 nitrogen and oxygen atoms in total. The average molecular weight is 376 g/mol. The number of halogens is 2. The third kappa shape index (κ3) is 3.20. The molecule has 0 aliphatic rings. The summed E-state index contributed by atoms with van der Waals surface area (Å²) in [6, 6.07) is 1.81. The maximum atomic E-state index is 12.0. The van der Waals surface area contributed by atoms with Crippen LogP contribution in [-0.2, 0) is 6.42 Å². The second kappa shape index (κ2) is 5.37. The smallest absolute Gasteiger partial charge is 0.189 e. The van der Waals surface area contributed by atoms with E-state index in [4.69, 9.17) is 0 Å². The van der Waals surface area contributed by atoms with Crippen molar-refractivity contribution in [2.24, 2.45) is 0 Å². The summed E-state index contributed by atoms with van der Waals surface area (Å²) < 4.78 is 1.54. The number of nitrogens with zero attached hydrogens (tertiary/aromatic N) is 2. The van der Waals surface area contributed by atoms with Crippen molar-refractivity contribution in [3.05, 3.63) is 43.0 Å². The van der Waals surface area contributed by atoms with Gasteiger partial charge in [-0.05, 0) is 44.8 Å². The zero-order valence-corrected chi connectivity index (χ0v) is 12.9. The molecule has 0 radical (unpaired) electrons. The van der Waals surface area contributed by atoms with E-state index < -0.39 is 0 Å². The highest BCUT2D eigenvalue weighted by Crippen LogP contribution is 2.21. The van der Waals surface area contributed by atoms with E-state index in [1.54, 1.807) is 6.20 Å². The molecule has 2 rings (SSSR count). The van der Waals surface area contributed by atoms with Crippen molar-refractivity contribution in [3.8, 4) is 0 Å². The minimum atomic E-state index is -0.0290. The lowest BCUT2D eigenvalue weighted by Gasteiger charge is -2.01. The lowest BCUT2D eigenvalue weighted by atomic mass is 10.2. The number of carbonyl (C=O) groups is 1. The molecule has 0 unspecified atom stereocenters. The summed E-state index contributed by atoms with van der Waals surface area (Å²) in [6.07, 6.45) is 1.91. The largest absolute Gasteiger partial charge is 0.292 e. The van der Waals surface area contributed by atoms with E-state index >= 15 is 0 Å². The van der Waals surface area contributed by atoms with E-state index in [-0.39, 0.29) is 5.78 Å². The van der Waals surface area contributed by atoms with Crippen LogP contribution >= 0.6 is 43.2 Å². The number of pyridine rings is 1. The molecule has 2 aromatic rings. The molecule has 17 heavy (non-hydrogen) atoms. The lowest BCUT2D eigenvalue weighted by molar-refractivity contribution is 0.0987. The Kier molecular flexibility index (Phi) is 4.06. The molecule has 0 atom stereocenters. The van der Waals surface area contributed by atoms with Gasteiger partial charge in [-0.25, -0.2) is 4.98 Å². The van der Waals surface area contributed by atoms with Crippen LogP contribution in [0.25, 0.3) is 0 Å². The monoisotopic (exact) mass is 374 g/mol. The van der Waals surface area contributed by atoms with Gasteiger partial charge in [0, 0.05) is 26.2 Å². The second-order valence-corrected chi connectivity index (χ2v) is 6.18. The van der Waals surface area contributed by atoms with Crippen LogP contribution in [0, 0.1) is 6.92 Å². The zero-order chi connectivity index (χ0) is 12.4. The van der Waals surface area contributed by atoms with Crippen LogP contribution < -0.4 is 0 Å². The lowest BCUT2D eigenvalue weighted by Crippen LogP contribution is -2.06. The molecule has 6 heteroatoms. The van der Waals surface area contributed by atoms with E-state index in [1.807, 2.05) is 18.4 Å². The molecule has 0 aromatic carbocycles. The van der Waals surface area contributed by atoms with Gasteiger partial charge in [0.2, 0.25) is 0 Å². The summed E-state index contributed by atoms with van der Waals surface area (Å²) in [4.78, 5) is 20.4. The van der Waals surface area contributed by atoms with Crippen LogP contribution in [0.2, 0.25) is 0 Å². The van der Waals surface area contributed by atoms with E-state index in [1.165, 1.54) is 11.3 Å².